The SMILES string of the molecule is c1ccc(CN2NCCCS2)cc1. The zero-order valence-electron chi connectivity index (χ0n) is 7.57. The Kier molecular flexibility index (Phi) is 3.24. The van der Waals surface area contributed by atoms with Gasteiger partial charge in [0.15, 0.2) is 0 Å². The highest BCUT2D eigenvalue weighted by molar-refractivity contribution is 7.96. The average molecular weight is 194 g/mol. The summed E-state index contributed by atoms with van der Waals surface area (Å²) in [5.74, 6) is 1.24. The first-order valence-corrected chi connectivity index (χ1v) is 5.57. The normalized spacial score (nSPS) is 18.8. The Bertz CT molecular complexity index is 244. The van der Waals surface area contributed by atoms with E-state index in [0.717, 1.165) is 13.1 Å². The van der Waals surface area contributed by atoms with Crippen LogP contribution in [0.3, 0.4) is 0 Å². The molecule has 0 aromatic heterocycles. The Morgan fingerprint density at radius 3 is 2.85 bits per heavy atom. The number of nitrogens with one attached hydrogen (secondary N) is 1. The summed E-state index contributed by atoms with van der Waals surface area (Å²) in [5.41, 5.74) is 4.73. The molecule has 13 heavy (non-hydrogen) atoms. The molecule has 0 radical (unpaired) electrons. The molecule has 0 saturated carbocycles. The van der Waals surface area contributed by atoms with Crippen molar-refractivity contribution in [3.8, 4) is 0 Å². The van der Waals surface area contributed by atoms with Crippen molar-refractivity contribution >= 4 is 11.9 Å². The van der Waals surface area contributed by atoms with Crippen LogP contribution in [0.25, 0.3) is 0 Å². The quantitative estimate of drug-likeness (QED) is 0.725. The van der Waals surface area contributed by atoms with E-state index in [-0.39, 0.29) is 0 Å². The third kappa shape index (κ3) is 2.72. The molecule has 2 nitrogen and oxygen atoms in total. The van der Waals surface area contributed by atoms with Gasteiger partial charge in [-0.15, -0.1) is 0 Å². The van der Waals surface area contributed by atoms with Crippen molar-refractivity contribution in [2.45, 2.75) is 13.0 Å². The first kappa shape index (κ1) is 9.06. The third-order valence-corrected chi connectivity index (χ3v) is 3.07. The molecular formula is C10H14N2S. The van der Waals surface area contributed by atoms with E-state index in [1.54, 1.807) is 0 Å². The Hall–Kier alpha value is -0.510. The molecule has 0 aliphatic carbocycles. The van der Waals surface area contributed by atoms with Gasteiger partial charge in [-0.3, -0.25) is 0 Å². The second-order valence-electron chi connectivity index (χ2n) is 3.12. The smallest absolute Gasteiger partial charge is 0.0495 e. The summed E-state index contributed by atoms with van der Waals surface area (Å²) in [6.45, 7) is 2.10. The van der Waals surface area contributed by atoms with E-state index >= 15 is 0 Å². The minimum atomic E-state index is 0.992. The zero-order valence-corrected chi connectivity index (χ0v) is 8.39. The van der Waals surface area contributed by atoms with Crippen molar-refractivity contribution in [1.29, 1.82) is 0 Å². The van der Waals surface area contributed by atoms with Gasteiger partial charge in [-0.25, -0.2) is 5.43 Å². The molecule has 3 heteroatoms. The summed E-state index contributed by atoms with van der Waals surface area (Å²) in [7, 11) is 0. The molecule has 1 aromatic rings. The molecule has 0 spiro atoms. The number of benzene rings is 1. The molecule has 1 saturated heterocycles. The summed E-state index contributed by atoms with van der Waals surface area (Å²) in [6.07, 6.45) is 1.27. The molecule has 0 amide bonds. The van der Waals surface area contributed by atoms with Crippen molar-refractivity contribution in [2.24, 2.45) is 0 Å². The lowest BCUT2D eigenvalue weighted by molar-refractivity contribution is 0.332. The zero-order chi connectivity index (χ0) is 8.93. The Labute approximate surface area is 83.4 Å². The third-order valence-electron chi connectivity index (χ3n) is 2.03. The number of hydrogen-bond donors (Lipinski definition) is 1. The molecule has 1 N–H and O–H groups in total. The lowest BCUT2D eigenvalue weighted by Gasteiger charge is -2.26. The number of hydrazine groups is 1. The van der Waals surface area contributed by atoms with Crippen LogP contribution in [0.4, 0.5) is 0 Å². The van der Waals surface area contributed by atoms with Gasteiger partial charge in [-0.05, 0) is 12.0 Å². The van der Waals surface area contributed by atoms with E-state index < -0.39 is 0 Å². The van der Waals surface area contributed by atoms with Crippen LogP contribution >= 0.6 is 11.9 Å². The van der Waals surface area contributed by atoms with Crippen LogP contribution < -0.4 is 5.43 Å². The van der Waals surface area contributed by atoms with Crippen molar-refractivity contribution in [3.05, 3.63) is 35.9 Å². The Balaban J connectivity index is 1.90. The summed E-state index contributed by atoms with van der Waals surface area (Å²) in [4.78, 5) is 0. The number of nitrogens with zero attached hydrogens (tertiary/aromatic N) is 1. The van der Waals surface area contributed by atoms with Crippen LogP contribution in [0.2, 0.25) is 0 Å². The molecule has 1 aliphatic rings. The van der Waals surface area contributed by atoms with Crippen LogP contribution in [0, 0.1) is 0 Å². The van der Waals surface area contributed by atoms with Crippen LogP contribution in [0.15, 0.2) is 30.3 Å². The van der Waals surface area contributed by atoms with Crippen molar-refractivity contribution in [3.63, 3.8) is 0 Å². The van der Waals surface area contributed by atoms with Crippen LogP contribution in [0.5, 0.6) is 0 Å². The highest BCUT2D eigenvalue weighted by atomic mass is 32.2. The van der Waals surface area contributed by atoms with Gasteiger partial charge < -0.3 is 0 Å². The van der Waals surface area contributed by atoms with Crippen molar-refractivity contribution in [2.75, 3.05) is 12.3 Å². The van der Waals surface area contributed by atoms with Gasteiger partial charge in [0.1, 0.15) is 0 Å². The van der Waals surface area contributed by atoms with Gasteiger partial charge in [0.05, 0.1) is 0 Å². The van der Waals surface area contributed by atoms with E-state index in [2.05, 4.69) is 40.2 Å². The summed E-state index contributed by atoms with van der Waals surface area (Å²) in [6, 6.07) is 10.6. The highest BCUT2D eigenvalue weighted by Gasteiger charge is 2.09. The standard InChI is InChI=1S/C10H14N2S/c1-2-5-10(6-3-1)9-12-11-7-4-8-13-12/h1-3,5-6,11H,4,7-9H2. The fraction of sp³-hybridized carbons (Fsp3) is 0.400. The fourth-order valence-electron chi connectivity index (χ4n) is 1.35. The average Bonchev–Trinajstić information content (AvgIpc) is 2.21. The molecule has 0 atom stereocenters. The molecule has 0 unspecified atom stereocenters. The Morgan fingerprint density at radius 1 is 1.31 bits per heavy atom. The van der Waals surface area contributed by atoms with Gasteiger partial charge in [0.25, 0.3) is 0 Å². The van der Waals surface area contributed by atoms with E-state index in [1.807, 2.05) is 11.9 Å². The molecule has 1 fully saturated rings. The molecule has 1 heterocycles. The van der Waals surface area contributed by atoms with Crippen molar-refractivity contribution in [1.82, 2.24) is 9.84 Å². The maximum atomic E-state index is 3.36. The van der Waals surface area contributed by atoms with Crippen LogP contribution in [-0.4, -0.2) is 16.7 Å². The lowest BCUT2D eigenvalue weighted by atomic mass is 10.2. The second kappa shape index (κ2) is 4.65. The largest absolute Gasteiger partial charge is 0.245 e. The summed E-state index contributed by atoms with van der Waals surface area (Å²) < 4.78 is 2.22. The topological polar surface area (TPSA) is 15.3 Å². The van der Waals surface area contributed by atoms with Crippen LogP contribution in [-0.2, 0) is 6.54 Å². The van der Waals surface area contributed by atoms with Gasteiger partial charge >= 0.3 is 0 Å². The number of rotatable bonds is 2. The van der Waals surface area contributed by atoms with Gasteiger partial charge in [0.2, 0.25) is 0 Å². The fourth-order valence-corrected chi connectivity index (χ4v) is 2.26. The van der Waals surface area contributed by atoms with E-state index in [0.29, 0.717) is 0 Å². The molecule has 70 valence electrons. The minimum absolute atomic E-state index is 0.992. The predicted octanol–water partition coefficient (Wildman–Crippen LogP) is 2.05. The minimum Gasteiger partial charge on any atom is -0.245 e. The van der Waals surface area contributed by atoms with Gasteiger partial charge in [0, 0.05) is 18.8 Å². The summed E-state index contributed by atoms with van der Waals surface area (Å²) >= 11 is 1.88. The van der Waals surface area contributed by atoms with Crippen LogP contribution in [0.1, 0.15) is 12.0 Å². The van der Waals surface area contributed by atoms with Gasteiger partial charge in [-0.2, -0.15) is 4.41 Å². The molecule has 1 aliphatic heterocycles. The monoisotopic (exact) mass is 194 g/mol. The van der Waals surface area contributed by atoms with E-state index in [9.17, 15) is 0 Å². The molecular weight excluding hydrogens is 180 g/mol. The van der Waals surface area contributed by atoms with Gasteiger partial charge in [-0.1, -0.05) is 42.3 Å². The molecule has 2 rings (SSSR count). The highest BCUT2D eigenvalue weighted by Crippen LogP contribution is 2.16. The summed E-state index contributed by atoms with van der Waals surface area (Å²) in [5, 5.41) is 0. The maximum absolute atomic E-state index is 3.36. The Morgan fingerprint density at radius 2 is 2.15 bits per heavy atom. The first-order chi connectivity index (χ1) is 6.45. The molecule has 0 bridgehead atoms. The maximum Gasteiger partial charge on any atom is 0.0495 e. The van der Waals surface area contributed by atoms with E-state index in [1.165, 1.54) is 17.7 Å². The second-order valence-corrected chi connectivity index (χ2v) is 4.22. The predicted molar refractivity (Wildman–Crippen MR) is 57.1 cm³/mol. The number of hydrogen-bond acceptors (Lipinski definition) is 3. The molecule has 1 aromatic carbocycles. The van der Waals surface area contributed by atoms with Crippen molar-refractivity contribution < 1.29 is 0 Å². The lowest BCUT2D eigenvalue weighted by Crippen LogP contribution is -2.36. The first-order valence-electron chi connectivity index (χ1n) is 4.63. The van der Waals surface area contributed by atoms with E-state index in [4.69, 9.17) is 0 Å².